The minimum absolute atomic E-state index is 0.445. The van der Waals surface area contributed by atoms with Gasteiger partial charge in [0.05, 0.1) is 6.54 Å². The molecule has 16 heavy (non-hydrogen) atoms. The van der Waals surface area contributed by atoms with E-state index in [9.17, 15) is 4.79 Å². The van der Waals surface area contributed by atoms with Gasteiger partial charge >= 0.3 is 0 Å². The van der Waals surface area contributed by atoms with Gasteiger partial charge < -0.3 is 5.32 Å². The van der Waals surface area contributed by atoms with Crippen LogP contribution < -0.4 is 5.32 Å². The third-order valence-electron chi connectivity index (χ3n) is 5.80. The van der Waals surface area contributed by atoms with Gasteiger partial charge in [0.25, 0.3) is 0 Å². The van der Waals surface area contributed by atoms with E-state index in [2.05, 4.69) is 5.32 Å². The lowest BCUT2D eigenvalue weighted by Crippen LogP contribution is -2.54. The third-order valence-corrected chi connectivity index (χ3v) is 5.80. The number of rotatable bonds is 1. The Hall–Kier alpha value is -0.370. The van der Waals surface area contributed by atoms with Crippen molar-refractivity contribution < 1.29 is 4.79 Å². The lowest BCUT2D eigenvalue weighted by molar-refractivity contribution is -0.117. The molecule has 4 saturated carbocycles. The van der Waals surface area contributed by atoms with E-state index in [1.54, 1.807) is 0 Å². The average molecular weight is 219 g/mol. The number of nitrogens with one attached hydrogen (secondary N) is 1. The van der Waals surface area contributed by atoms with E-state index in [1.165, 1.54) is 38.5 Å². The van der Waals surface area contributed by atoms with E-state index < -0.39 is 0 Å². The van der Waals surface area contributed by atoms with E-state index in [-0.39, 0.29) is 0 Å². The number of hydrogen-bond acceptors (Lipinski definition) is 2. The summed E-state index contributed by atoms with van der Waals surface area (Å²) in [6.07, 6.45) is 9.59. The molecule has 4 bridgehead atoms. The summed E-state index contributed by atoms with van der Waals surface area (Å²) in [7, 11) is 0. The number of carbonyl (C=O) groups excluding carboxylic acids is 1. The van der Waals surface area contributed by atoms with Crippen LogP contribution in [0.3, 0.4) is 0 Å². The first-order chi connectivity index (χ1) is 7.73. The number of ketones is 1. The van der Waals surface area contributed by atoms with Crippen molar-refractivity contribution in [2.24, 2.45) is 23.2 Å². The van der Waals surface area contributed by atoms with Gasteiger partial charge in [-0.25, -0.2) is 0 Å². The molecule has 0 aromatic rings. The highest BCUT2D eigenvalue weighted by Gasteiger charge is 2.55. The first-order valence-electron chi connectivity index (χ1n) is 6.99. The molecule has 1 heterocycles. The van der Waals surface area contributed by atoms with Crippen molar-refractivity contribution in [3.05, 3.63) is 0 Å². The monoisotopic (exact) mass is 219 g/mol. The summed E-state index contributed by atoms with van der Waals surface area (Å²) < 4.78 is 0. The van der Waals surface area contributed by atoms with Crippen molar-refractivity contribution in [3.8, 4) is 0 Å². The summed E-state index contributed by atoms with van der Waals surface area (Å²) in [6.45, 7) is 0.645. The van der Waals surface area contributed by atoms with Crippen molar-refractivity contribution in [1.29, 1.82) is 0 Å². The molecule has 5 aliphatic rings. The van der Waals surface area contributed by atoms with E-state index in [4.69, 9.17) is 0 Å². The maximum absolute atomic E-state index is 11.5. The molecule has 88 valence electrons. The van der Waals surface area contributed by atoms with Crippen LogP contribution in [0.4, 0.5) is 0 Å². The Labute approximate surface area is 97.2 Å². The Morgan fingerprint density at radius 3 is 2.00 bits per heavy atom. The molecular weight excluding hydrogens is 198 g/mol. The number of hydrogen-bond donors (Lipinski definition) is 1. The third kappa shape index (κ3) is 1.25. The molecule has 1 aliphatic heterocycles. The smallest absolute Gasteiger partial charge is 0.148 e. The molecule has 2 heteroatoms. The Morgan fingerprint density at radius 2 is 1.56 bits per heavy atom. The quantitative estimate of drug-likeness (QED) is 0.732. The van der Waals surface area contributed by atoms with Gasteiger partial charge in [-0.05, 0) is 61.7 Å². The van der Waals surface area contributed by atoms with Crippen LogP contribution in [0.1, 0.15) is 44.9 Å². The maximum Gasteiger partial charge on any atom is 0.148 e. The molecule has 0 aromatic heterocycles. The molecule has 5 rings (SSSR count). The fourth-order valence-corrected chi connectivity index (χ4v) is 5.65. The summed E-state index contributed by atoms with van der Waals surface area (Å²) in [5.41, 5.74) is 0.529. The first kappa shape index (κ1) is 9.64. The van der Waals surface area contributed by atoms with Crippen molar-refractivity contribution in [2.45, 2.75) is 51.0 Å². The second kappa shape index (κ2) is 3.10. The van der Waals surface area contributed by atoms with Crippen LogP contribution in [-0.4, -0.2) is 18.4 Å². The summed E-state index contributed by atoms with van der Waals surface area (Å²) in [5.74, 6) is 3.46. The van der Waals surface area contributed by atoms with Gasteiger partial charge in [-0.15, -0.1) is 0 Å². The lowest BCUT2D eigenvalue weighted by Gasteiger charge is -2.59. The second-order valence-electron chi connectivity index (χ2n) is 6.96. The minimum Gasteiger partial charge on any atom is -0.306 e. The van der Waals surface area contributed by atoms with Crippen LogP contribution in [-0.2, 0) is 4.79 Å². The summed E-state index contributed by atoms with van der Waals surface area (Å²) in [4.78, 5) is 11.5. The maximum atomic E-state index is 11.5. The molecule has 0 spiro atoms. The molecular formula is C14H21NO. The highest BCUT2D eigenvalue weighted by molar-refractivity contribution is 5.83. The zero-order valence-corrected chi connectivity index (χ0v) is 9.87. The van der Waals surface area contributed by atoms with Crippen LogP contribution in [0.5, 0.6) is 0 Å². The summed E-state index contributed by atoms with van der Waals surface area (Å²) >= 11 is 0. The van der Waals surface area contributed by atoms with Gasteiger partial charge in [-0.1, -0.05) is 0 Å². The van der Waals surface area contributed by atoms with Crippen molar-refractivity contribution in [1.82, 2.24) is 5.32 Å². The molecule has 1 unspecified atom stereocenters. The summed E-state index contributed by atoms with van der Waals surface area (Å²) in [5, 5.41) is 3.51. The fraction of sp³-hybridized carbons (Fsp3) is 0.929. The van der Waals surface area contributed by atoms with E-state index in [1.807, 2.05) is 0 Å². The Kier molecular flexibility index (Phi) is 1.86. The normalized spacial score (nSPS) is 54.9. The predicted molar refractivity (Wildman–Crippen MR) is 62.0 cm³/mol. The van der Waals surface area contributed by atoms with Crippen LogP contribution >= 0.6 is 0 Å². The van der Waals surface area contributed by atoms with Crippen molar-refractivity contribution in [3.63, 3.8) is 0 Å². The molecule has 4 aliphatic carbocycles. The Bertz CT molecular complexity index is 300. The van der Waals surface area contributed by atoms with Crippen molar-refractivity contribution in [2.75, 3.05) is 6.54 Å². The van der Waals surface area contributed by atoms with Crippen LogP contribution in [0.15, 0.2) is 0 Å². The Balaban J connectivity index is 1.64. The van der Waals surface area contributed by atoms with Crippen LogP contribution in [0.2, 0.25) is 0 Å². The van der Waals surface area contributed by atoms with Gasteiger partial charge in [0.15, 0.2) is 0 Å². The molecule has 2 nitrogen and oxygen atoms in total. The molecule has 0 radical (unpaired) electrons. The van der Waals surface area contributed by atoms with Gasteiger partial charge in [0.1, 0.15) is 5.78 Å². The number of carbonyl (C=O) groups is 1. The molecule has 5 fully saturated rings. The van der Waals surface area contributed by atoms with Gasteiger partial charge in [-0.2, -0.15) is 0 Å². The molecule has 1 saturated heterocycles. The Morgan fingerprint density at radius 1 is 1.00 bits per heavy atom. The fourth-order valence-electron chi connectivity index (χ4n) is 5.65. The summed E-state index contributed by atoms with van der Waals surface area (Å²) in [6, 6.07) is 0.536. The van der Waals surface area contributed by atoms with Crippen molar-refractivity contribution >= 4 is 5.78 Å². The highest BCUT2D eigenvalue weighted by Crippen LogP contribution is 2.61. The predicted octanol–water partition coefficient (Wildman–Crippen LogP) is 2.13. The van der Waals surface area contributed by atoms with Gasteiger partial charge in [0.2, 0.25) is 0 Å². The zero-order valence-electron chi connectivity index (χ0n) is 9.87. The SMILES string of the molecule is O=C1CNC(C23CC4CC(CC(C4)C2)C3)C1. The lowest BCUT2D eigenvalue weighted by atomic mass is 9.47. The zero-order chi connectivity index (χ0) is 10.8. The topological polar surface area (TPSA) is 29.1 Å². The highest BCUT2D eigenvalue weighted by atomic mass is 16.1. The molecule has 0 aromatic carbocycles. The largest absolute Gasteiger partial charge is 0.306 e. The first-order valence-corrected chi connectivity index (χ1v) is 6.99. The standard InChI is InChI=1S/C14H21NO/c16-12-4-13(15-8-12)14-5-9-1-10(6-14)3-11(2-9)7-14/h9-11,13,15H,1-8H2. The van der Waals surface area contributed by atoms with Gasteiger partial charge in [0, 0.05) is 12.5 Å². The molecule has 0 amide bonds. The van der Waals surface area contributed by atoms with E-state index >= 15 is 0 Å². The van der Waals surface area contributed by atoms with E-state index in [0.29, 0.717) is 23.8 Å². The minimum atomic E-state index is 0.445. The van der Waals surface area contributed by atoms with Crippen LogP contribution in [0.25, 0.3) is 0 Å². The number of Topliss-reactive ketones (excluding diaryl/α,β-unsaturated/α-hetero) is 1. The average Bonchev–Trinajstić information content (AvgIpc) is 2.63. The van der Waals surface area contributed by atoms with Crippen LogP contribution in [0, 0.1) is 23.2 Å². The van der Waals surface area contributed by atoms with Gasteiger partial charge in [-0.3, -0.25) is 4.79 Å². The molecule has 1 N–H and O–H groups in total. The molecule has 1 atom stereocenters. The second-order valence-corrected chi connectivity index (χ2v) is 6.96. The van der Waals surface area contributed by atoms with E-state index in [0.717, 1.165) is 24.2 Å².